The van der Waals surface area contributed by atoms with Crippen molar-refractivity contribution in [2.75, 3.05) is 37.1 Å². The summed E-state index contributed by atoms with van der Waals surface area (Å²) in [6.45, 7) is 5.88. The van der Waals surface area contributed by atoms with Crippen LogP contribution in [0.4, 0.5) is 11.4 Å². The Kier molecular flexibility index (Phi) is 5.69. The lowest BCUT2D eigenvalue weighted by atomic mass is 10.1. The average Bonchev–Trinajstić information content (AvgIpc) is 2.71. The molecule has 0 bridgehead atoms. The molecule has 1 heterocycles. The van der Waals surface area contributed by atoms with E-state index in [4.69, 9.17) is 9.47 Å². The fraction of sp³-hybridized carbons (Fsp3) is 0.318. The van der Waals surface area contributed by atoms with Crippen molar-refractivity contribution in [3.05, 3.63) is 54.1 Å². The Hall–Kier alpha value is -2.95. The van der Waals surface area contributed by atoms with Crippen LogP contribution in [0.5, 0.6) is 11.5 Å². The van der Waals surface area contributed by atoms with Gasteiger partial charge >= 0.3 is 0 Å². The molecule has 0 spiro atoms. The third-order valence-corrected chi connectivity index (χ3v) is 4.89. The zero-order valence-corrected chi connectivity index (χ0v) is 16.3. The second-order valence-electron chi connectivity index (χ2n) is 6.52. The van der Waals surface area contributed by atoms with E-state index in [2.05, 4.69) is 24.8 Å². The maximum absolute atomic E-state index is 12.9. The Morgan fingerprint density at radius 1 is 1.11 bits per heavy atom. The summed E-state index contributed by atoms with van der Waals surface area (Å²) in [6.07, 6.45) is 3.43. The van der Waals surface area contributed by atoms with Crippen molar-refractivity contribution >= 4 is 23.4 Å². The van der Waals surface area contributed by atoms with E-state index in [0.29, 0.717) is 18.0 Å². The van der Waals surface area contributed by atoms with Gasteiger partial charge in [0.05, 0.1) is 25.6 Å². The molecule has 27 heavy (non-hydrogen) atoms. The summed E-state index contributed by atoms with van der Waals surface area (Å²) in [4.78, 5) is 17.1. The van der Waals surface area contributed by atoms with Gasteiger partial charge in [-0.25, -0.2) is 0 Å². The van der Waals surface area contributed by atoms with E-state index in [9.17, 15) is 4.79 Å². The molecule has 142 valence electrons. The second kappa shape index (κ2) is 8.16. The fourth-order valence-electron chi connectivity index (χ4n) is 3.54. The highest BCUT2D eigenvalue weighted by atomic mass is 16.5. The van der Waals surface area contributed by atoms with Crippen LogP contribution < -0.4 is 19.3 Å². The molecule has 0 radical (unpaired) electrons. The number of likely N-dealkylation sites (N-methyl/N-ethyl adjacent to an activating group) is 1. The van der Waals surface area contributed by atoms with Gasteiger partial charge in [0.1, 0.15) is 0 Å². The minimum absolute atomic E-state index is 0.0279. The van der Waals surface area contributed by atoms with Crippen molar-refractivity contribution in [3.63, 3.8) is 0 Å². The Balaban J connectivity index is 1.85. The van der Waals surface area contributed by atoms with Crippen molar-refractivity contribution in [3.8, 4) is 11.5 Å². The van der Waals surface area contributed by atoms with E-state index in [1.54, 1.807) is 20.3 Å². The van der Waals surface area contributed by atoms with E-state index < -0.39 is 0 Å². The first-order valence-corrected chi connectivity index (χ1v) is 9.16. The lowest BCUT2D eigenvalue weighted by Gasteiger charge is -2.41. The number of carbonyl (C=O) groups excluding carboxylic acids is 1. The number of para-hydroxylation sites is 2. The van der Waals surface area contributed by atoms with Crippen molar-refractivity contribution in [2.24, 2.45) is 0 Å². The fourth-order valence-corrected chi connectivity index (χ4v) is 3.54. The molecule has 0 saturated heterocycles. The summed E-state index contributed by atoms with van der Waals surface area (Å²) in [5, 5.41) is 0. The predicted molar refractivity (Wildman–Crippen MR) is 110 cm³/mol. The first kappa shape index (κ1) is 18.8. The SMILES string of the molecule is CCN1c2ccccc2N(C(=O)/C=C/c2ccc(OC)c(OC)c2)CC1C. The maximum Gasteiger partial charge on any atom is 0.251 e. The van der Waals surface area contributed by atoms with Crippen LogP contribution in [-0.2, 0) is 4.79 Å². The number of ether oxygens (including phenoxy) is 2. The van der Waals surface area contributed by atoms with Crippen LogP contribution in [0.3, 0.4) is 0 Å². The highest BCUT2D eigenvalue weighted by Gasteiger charge is 2.29. The van der Waals surface area contributed by atoms with E-state index in [0.717, 1.165) is 23.5 Å². The van der Waals surface area contributed by atoms with Crippen LogP contribution in [0, 0.1) is 0 Å². The molecular formula is C22H26N2O3. The van der Waals surface area contributed by atoms with Gasteiger partial charge in [-0.3, -0.25) is 4.79 Å². The van der Waals surface area contributed by atoms with Crippen molar-refractivity contribution in [2.45, 2.75) is 19.9 Å². The molecule has 0 saturated carbocycles. The smallest absolute Gasteiger partial charge is 0.251 e. The zero-order chi connectivity index (χ0) is 19.4. The summed E-state index contributed by atoms with van der Waals surface area (Å²) in [6, 6.07) is 13.9. The summed E-state index contributed by atoms with van der Waals surface area (Å²) in [7, 11) is 3.20. The first-order chi connectivity index (χ1) is 13.1. The summed E-state index contributed by atoms with van der Waals surface area (Å²) in [5.41, 5.74) is 2.94. The number of nitrogens with zero attached hydrogens (tertiary/aromatic N) is 2. The summed E-state index contributed by atoms with van der Waals surface area (Å²) < 4.78 is 10.6. The number of hydrogen-bond donors (Lipinski definition) is 0. The lowest BCUT2D eigenvalue weighted by molar-refractivity contribution is -0.114. The highest BCUT2D eigenvalue weighted by molar-refractivity contribution is 6.06. The molecule has 1 aliphatic rings. The molecule has 1 unspecified atom stereocenters. The van der Waals surface area contributed by atoms with Crippen LogP contribution in [0.1, 0.15) is 19.4 Å². The molecule has 2 aromatic carbocycles. The highest BCUT2D eigenvalue weighted by Crippen LogP contribution is 2.35. The Morgan fingerprint density at radius 2 is 1.81 bits per heavy atom. The Labute approximate surface area is 160 Å². The number of rotatable bonds is 5. The molecule has 1 atom stereocenters. The number of hydrogen-bond acceptors (Lipinski definition) is 4. The normalized spacial score (nSPS) is 16.4. The molecule has 1 aliphatic heterocycles. The molecular weight excluding hydrogens is 340 g/mol. The molecule has 2 aromatic rings. The lowest BCUT2D eigenvalue weighted by Crippen LogP contribution is -2.49. The van der Waals surface area contributed by atoms with Gasteiger partial charge in [-0.15, -0.1) is 0 Å². The number of anilines is 2. The van der Waals surface area contributed by atoms with Gasteiger partial charge in [-0.1, -0.05) is 18.2 Å². The van der Waals surface area contributed by atoms with E-state index in [-0.39, 0.29) is 11.9 Å². The van der Waals surface area contributed by atoms with Gasteiger partial charge in [0, 0.05) is 25.2 Å². The standard InChI is InChI=1S/C22H26N2O3/c1-5-23-16(2)15-24(19-9-7-6-8-18(19)23)22(25)13-11-17-10-12-20(26-3)21(14-17)27-4/h6-14,16H,5,15H2,1-4H3/b13-11+. The Bertz CT molecular complexity index is 847. The van der Waals surface area contributed by atoms with Crippen LogP contribution in [-0.4, -0.2) is 39.3 Å². The zero-order valence-electron chi connectivity index (χ0n) is 16.3. The molecule has 0 aromatic heterocycles. The molecule has 1 amide bonds. The van der Waals surface area contributed by atoms with Crippen molar-refractivity contribution in [1.29, 1.82) is 0 Å². The third-order valence-electron chi connectivity index (χ3n) is 4.89. The van der Waals surface area contributed by atoms with Crippen molar-refractivity contribution < 1.29 is 14.3 Å². The van der Waals surface area contributed by atoms with Gasteiger partial charge in [-0.05, 0) is 49.8 Å². The van der Waals surface area contributed by atoms with E-state index in [1.165, 1.54) is 0 Å². The number of carbonyl (C=O) groups is 1. The van der Waals surface area contributed by atoms with Crippen molar-refractivity contribution in [1.82, 2.24) is 0 Å². The first-order valence-electron chi connectivity index (χ1n) is 9.16. The third kappa shape index (κ3) is 3.77. The minimum atomic E-state index is -0.0279. The predicted octanol–water partition coefficient (Wildman–Crippen LogP) is 3.98. The maximum atomic E-state index is 12.9. The second-order valence-corrected chi connectivity index (χ2v) is 6.52. The molecule has 0 aliphatic carbocycles. The number of benzene rings is 2. The molecule has 5 heteroatoms. The summed E-state index contributed by atoms with van der Waals surface area (Å²) >= 11 is 0. The van der Waals surface area contributed by atoms with Crippen LogP contribution >= 0.6 is 0 Å². The Morgan fingerprint density at radius 3 is 2.48 bits per heavy atom. The van der Waals surface area contributed by atoms with Gasteiger partial charge in [-0.2, -0.15) is 0 Å². The molecule has 3 rings (SSSR count). The van der Waals surface area contributed by atoms with Crippen LogP contribution in [0.2, 0.25) is 0 Å². The monoisotopic (exact) mass is 366 g/mol. The quantitative estimate of drug-likeness (QED) is 0.751. The van der Waals surface area contributed by atoms with Gasteiger partial charge in [0.2, 0.25) is 0 Å². The van der Waals surface area contributed by atoms with Crippen LogP contribution in [0.25, 0.3) is 6.08 Å². The number of amides is 1. The average molecular weight is 366 g/mol. The topological polar surface area (TPSA) is 42.0 Å². The largest absolute Gasteiger partial charge is 0.493 e. The van der Waals surface area contributed by atoms with Gasteiger partial charge in [0.15, 0.2) is 11.5 Å². The number of methoxy groups -OCH3 is 2. The minimum Gasteiger partial charge on any atom is -0.493 e. The molecule has 0 N–H and O–H groups in total. The summed E-state index contributed by atoms with van der Waals surface area (Å²) in [5.74, 6) is 1.28. The molecule has 5 nitrogen and oxygen atoms in total. The number of fused-ring (bicyclic) bond motifs is 1. The van der Waals surface area contributed by atoms with E-state index >= 15 is 0 Å². The van der Waals surface area contributed by atoms with Crippen LogP contribution in [0.15, 0.2) is 48.5 Å². The van der Waals surface area contributed by atoms with Gasteiger partial charge in [0.25, 0.3) is 5.91 Å². The molecule has 0 fully saturated rings. The van der Waals surface area contributed by atoms with Gasteiger partial charge < -0.3 is 19.3 Å². The van der Waals surface area contributed by atoms with E-state index in [1.807, 2.05) is 47.4 Å².